The van der Waals surface area contributed by atoms with Crippen LogP contribution >= 0.6 is 11.6 Å². The van der Waals surface area contributed by atoms with Crippen molar-refractivity contribution < 1.29 is 14.7 Å². The van der Waals surface area contributed by atoms with E-state index in [0.717, 1.165) is 0 Å². The van der Waals surface area contributed by atoms with E-state index in [1.165, 1.54) is 0 Å². The number of aromatic nitrogens is 1. The highest BCUT2D eigenvalue weighted by Gasteiger charge is 2.32. The number of nitrogens with one attached hydrogen (secondary N) is 1. The first-order valence-corrected chi connectivity index (χ1v) is 6.24. The SMILES string of the molecule is CC1CC(C(=O)O)CCN1C(=O)c1cc(Cl)c[nH]1. The predicted octanol–water partition coefficient (Wildman–Crippen LogP) is 1.99. The summed E-state index contributed by atoms with van der Waals surface area (Å²) >= 11 is 5.76. The lowest BCUT2D eigenvalue weighted by atomic mass is 9.91. The Balaban J connectivity index is 2.07. The second kappa shape index (κ2) is 5.02. The predicted molar refractivity (Wildman–Crippen MR) is 66.7 cm³/mol. The Morgan fingerprint density at radius 1 is 1.56 bits per heavy atom. The molecule has 6 heteroatoms. The third kappa shape index (κ3) is 2.51. The smallest absolute Gasteiger partial charge is 0.306 e. The van der Waals surface area contributed by atoms with Gasteiger partial charge in [-0.2, -0.15) is 0 Å². The van der Waals surface area contributed by atoms with Gasteiger partial charge in [0.05, 0.1) is 10.9 Å². The molecule has 0 aliphatic carbocycles. The number of halogens is 1. The lowest BCUT2D eigenvalue weighted by Crippen LogP contribution is -2.46. The van der Waals surface area contributed by atoms with Crippen LogP contribution in [0.2, 0.25) is 5.02 Å². The number of carbonyl (C=O) groups is 2. The molecule has 1 aromatic heterocycles. The molecule has 1 fully saturated rings. The van der Waals surface area contributed by atoms with E-state index in [1.54, 1.807) is 17.2 Å². The van der Waals surface area contributed by atoms with Crippen LogP contribution in [-0.4, -0.2) is 39.5 Å². The Labute approximate surface area is 110 Å². The first kappa shape index (κ1) is 13.0. The number of carbonyl (C=O) groups excluding carboxylic acids is 1. The molecular weight excluding hydrogens is 256 g/mol. The molecule has 1 aliphatic rings. The van der Waals surface area contributed by atoms with E-state index in [1.807, 2.05) is 6.92 Å². The van der Waals surface area contributed by atoms with Gasteiger partial charge in [-0.25, -0.2) is 0 Å². The summed E-state index contributed by atoms with van der Waals surface area (Å²) in [5, 5.41) is 9.47. The van der Waals surface area contributed by atoms with E-state index < -0.39 is 5.97 Å². The summed E-state index contributed by atoms with van der Waals surface area (Å²) in [6.07, 6.45) is 2.55. The summed E-state index contributed by atoms with van der Waals surface area (Å²) in [5.41, 5.74) is 0.445. The first-order valence-electron chi connectivity index (χ1n) is 5.86. The minimum atomic E-state index is -0.781. The molecule has 1 amide bonds. The maximum Gasteiger partial charge on any atom is 0.306 e. The zero-order valence-corrected chi connectivity index (χ0v) is 10.8. The molecular formula is C12H15ClN2O3. The number of aromatic amines is 1. The molecule has 18 heavy (non-hydrogen) atoms. The molecule has 2 heterocycles. The lowest BCUT2D eigenvalue weighted by Gasteiger charge is -2.36. The molecule has 0 aromatic carbocycles. The van der Waals surface area contributed by atoms with Crippen LogP contribution < -0.4 is 0 Å². The highest BCUT2D eigenvalue weighted by atomic mass is 35.5. The largest absolute Gasteiger partial charge is 0.481 e. The molecule has 1 saturated heterocycles. The summed E-state index contributed by atoms with van der Waals surface area (Å²) in [4.78, 5) is 27.6. The average Bonchev–Trinajstić information content (AvgIpc) is 2.74. The number of nitrogens with zero attached hydrogens (tertiary/aromatic N) is 1. The molecule has 0 bridgehead atoms. The Morgan fingerprint density at radius 3 is 2.78 bits per heavy atom. The van der Waals surface area contributed by atoms with Crippen LogP contribution in [-0.2, 0) is 4.79 Å². The normalized spacial score (nSPS) is 24.0. The molecule has 5 nitrogen and oxygen atoms in total. The van der Waals surface area contributed by atoms with Gasteiger partial charge >= 0.3 is 5.97 Å². The van der Waals surface area contributed by atoms with Gasteiger partial charge in [0.2, 0.25) is 0 Å². The van der Waals surface area contributed by atoms with Crippen LogP contribution in [0.5, 0.6) is 0 Å². The second-order valence-electron chi connectivity index (χ2n) is 4.64. The van der Waals surface area contributed by atoms with Gasteiger partial charge in [-0.15, -0.1) is 0 Å². The van der Waals surface area contributed by atoms with Gasteiger partial charge < -0.3 is 15.0 Å². The van der Waals surface area contributed by atoms with Crippen LogP contribution in [0.15, 0.2) is 12.3 Å². The van der Waals surface area contributed by atoms with E-state index >= 15 is 0 Å². The molecule has 2 atom stereocenters. The number of hydrogen-bond acceptors (Lipinski definition) is 2. The van der Waals surface area contributed by atoms with Gasteiger partial charge in [0.15, 0.2) is 0 Å². The molecule has 0 saturated carbocycles. The third-order valence-electron chi connectivity index (χ3n) is 3.36. The molecule has 1 aliphatic heterocycles. The topological polar surface area (TPSA) is 73.4 Å². The van der Waals surface area contributed by atoms with Crippen molar-refractivity contribution in [2.24, 2.45) is 5.92 Å². The number of carboxylic acid groups (broad SMARTS) is 1. The number of H-pyrrole nitrogens is 1. The highest BCUT2D eigenvalue weighted by molar-refractivity contribution is 6.30. The molecule has 1 aromatic rings. The summed E-state index contributed by atoms with van der Waals surface area (Å²) in [5.74, 6) is -1.26. The van der Waals surface area contributed by atoms with Crippen LogP contribution in [0, 0.1) is 5.92 Å². The van der Waals surface area contributed by atoms with Crippen molar-refractivity contribution in [1.29, 1.82) is 0 Å². The van der Waals surface area contributed by atoms with E-state index in [2.05, 4.69) is 4.98 Å². The van der Waals surface area contributed by atoms with Gasteiger partial charge in [0.1, 0.15) is 5.69 Å². The van der Waals surface area contributed by atoms with Crippen molar-refractivity contribution in [3.63, 3.8) is 0 Å². The summed E-state index contributed by atoms with van der Waals surface area (Å²) in [7, 11) is 0. The average molecular weight is 271 g/mol. The second-order valence-corrected chi connectivity index (χ2v) is 5.08. The fourth-order valence-corrected chi connectivity index (χ4v) is 2.51. The third-order valence-corrected chi connectivity index (χ3v) is 3.58. The maximum atomic E-state index is 12.2. The number of amides is 1. The van der Waals surface area contributed by atoms with E-state index in [4.69, 9.17) is 16.7 Å². The number of likely N-dealkylation sites (tertiary alicyclic amines) is 1. The minimum absolute atomic E-state index is 0.0746. The van der Waals surface area contributed by atoms with Gasteiger partial charge in [-0.3, -0.25) is 9.59 Å². The zero-order valence-electron chi connectivity index (χ0n) is 10.0. The molecule has 2 rings (SSSR count). The lowest BCUT2D eigenvalue weighted by molar-refractivity contribution is -0.143. The van der Waals surface area contributed by atoms with Crippen molar-refractivity contribution in [3.8, 4) is 0 Å². The highest BCUT2D eigenvalue weighted by Crippen LogP contribution is 2.24. The summed E-state index contributed by atoms with van der Waals surface area (Å²) < 4.78 is 0. The zero-order chi connectivity index (χ0) is 13.3. The van der Waals surface area contributed by atoms with Crippen LogP contribution in [0.3, 0.4) is 0 Å². The monoisotopic (exact) mass is 270 g/mol. The van der Waals surface area contributed by atoms with Gasteiger partial charge in [0, 0.05) is 18.8 Å². The van der Waals surface area contributed by atoms with E-state index in [0.29, 0.717) is 30.1 Å². The number of hydrogen-bond donors (Lipinski definition) is 2. The molecule has 2 unspecified atom stereocenters. The number of aliphatic carboxylic acids is 1. The molecule has 2 N–H and O–H groups in total. The minimum Gasteiger partial charge on any atom is -0.481 e. The number of carboxylic acids is 1. The summed E-state index contributed by atoms with van der Waals surface area (Å²) in [6.45, 7) is 2.34. The van der Waals surface area contributed by atoms with Gasteiger partial charge in [0.25, 0.3) is 5.91 Å². The number of piperidine rings is 1. The Hall–Kier alpha value is -1.49. The fraction of sp³-hybridized carbons (Fsp3) is 0.500. The fourth-order valence-electron chi connectivity index (χ4n) is 2.34. The van der Waals surface area contributed by atoms with Crippen molar-refractivity contribution in [2.45, 2.75) is 25.8 Å². The van der Waals surface area contributed by atoms with Crippen LogP contribution in [0.25, 0.3) is 0 Å². The molecule has 98 valence electrons. The Kier molecular flexibility index (Phi) is 3.61. The van der Waals surface area contributed by atoms with Crippen molar-refractivity contribution >= 4 is 23.5 Å². The van der Waals surface area contributed by atoms with Crippen molar-refractivity contribution in [3.05, 3.63) is 23.0 Å². The molecule has 0 radical (unpaired) electrons. The Bertz CT molecular complexity index is 472. The first-order chi connectivity index (χ1) is 8.49. The van der Waals surface area contributed by atoms with Crippen LogP contribution in [0.4, 0.5) is 0 Å². The molecule has 0 spiro atoms. The van der Waals surface area contributed by atoms with Crippen molar-refractivity contribution in [1.82, 2.24) is 9.88 Å². The van der Waals surface area contributed by atoms with Crippen LogP contribution in [0.1, 0.15) is 30.3 Å². The Morgan fingerprint density at radius 2 is 2.28 bits per heavy atom. The standard InChI is InChI=1S/C12H15ClN2O3/c1-7-4-8(12(17)18)2-3-15(7)11(16)10-5-9(13)6-14-10/h5-8,14H,2-4H2,1H3,(H,17,18). The number of rotatable bonds is 2. The van der Waals surface area contributed by atoms with E-state index in [9.17, 15) is 9.59 Å². The quantitative estimate of drug-likeness (QED) is 0.863. The van der Waals surface area contributed by atoms with Gasteiger partial charge in [-0.05, 0) is 25.8 Å². The maximum absolute atomic E-state index is 12.2. The van der Waals surface area contributed by atoms with E-state index in [-0.39, 0.29) is 17.9 Å². The van der Waals surface area contributed by atoms with Crippen molar-refractivity contribution in [2.75, 3.05) is 6.54 Å². The summed E-state index contributed by atoms with van der Waals surface area (Å²) in [6, 6.07) is 1.51. The van der Waals surface area contributed by atoms with Gasteiger partial charge in [-0.1, -0.05) is 11.6 Å².